The van der Waals surface area contributed by atoms with E-state index in [-0.39, 0.29) is 38.6 Å². The average molecular weight is 1090 g/mol. The van der Waals surface area contributed by atoms with Gasteiger partial charge in [-0.15, -0.1) is 0 Å². The molecule has 1 N–H and O–H groups in total. The molecule has 0 heterocycles. The van der Waals surface area contributed by atoms with Crippen LogP contribution in [0.25, 0.3) is 0 Å². The van der Waals surface area contributed by atoms with Crippen LogP contribution in [-0.2, 0) is 33.3 Å². The molecule has 0 amide bonds. The molecule has 0 aliphatic heterocycles. The average Bonchev–Trinajstić information content (AvgIpc) is 3.41. The summed E-state index contributed by atoms with van der Waals surface area (Å²) in [5.74, 6) is -2.02. The number of ether oxygens (including phenoxy) is 4. The second-order valence-electron chi connectivity index (χ2n) is 22.7. The molecule has 0 radical (unpaired) electrons. The smallest absolute Gasteiger partial charge is 0.361 e. The summed E-state index contributed by atoms with van der Waals surface area (Å²) in [5.41, 5.74) is 0. The maximum atomic E-state index is 12.9. The number of hydrogen-bond acceptors (Lipinski definition) is 7. The van der Waals surface area contributed by atoms with Gasteiger partial charge in [0.25, 0.3) is 6.29 Å². The van der Waals surface area contributed by atoms with Crippen molar-refractivity contribution < 1.29 is 42.9 Å². The summed E-state index contributed by atoms with van der Waals surface area (Å²) in [6.45, 7) is 4.72. The first-order valence-corrected chi connectivity index (χ1v) is 32.3. The third-order valence-electron chi connectivity index (χ3n) is 13.9. The molecule has 0 saturated heterocycles. The number of carboxylic acid groups (broad SMARTS) is 1. The van der Waals surface area contributed by atoms with Crippen molar-refractivity contribution in [1.29, 1.82) is 0 Å². The molecule has 2 atom stereocenters. The molecule has 0 aliphatic rings. The SMILES string of the molecule is CC/C=C\C/C=C\C/C=C\C/C=C\C/C=C\CCCCCCCCCCCCCCCCCCCCCCCCCC(=O)OC(COC(=O)CCCCCCC/C=C\C/C=C\CCCC)COC(OCC[N+](C)(C)C)C(=O)O. The standard InChI is InChI=1S/C69H121NO8/c1-6-8-10-12-14-16-18-20-22-23-24-25-26-27-28-29-30-31-32-33-34-35-36-37-38-39-40-41-42-43-44-45-46-48-50-52-54-56-58-60-67(72)78-65(64-77-69(68(73)74)75-62-61-70(3,4)5)63-76-66(71)59-57-55-53-51-49-47-21-19-17-15-13-11-9-7-2/h8,10,13-16,19-22,24-25,27-28,65,69H,6-7,9,11-12,17-18,23,26,29-64H2,1-5H3/p+1/b10-8-,15-13-,16-14-,21-19-,22-20-,25-24-,28-27-. The number of esters is 2. The van der Waals surface area contributed by atoms with E-state index in [1.807, 2.05) is 21.1 Å². The minimum Gasteiger partial charge on any atom is -0.477 e. The fraction of sp³-hybridized carbons (Fsp3) is 0.754. The van der Waals surface area contributed by atoms with Gasteiger partial charge in [0.05, 0.1) is 34.4 Å². The number of carbonyl (C=O) groups excluding carboxylic acids is 2. The van der Waals surface area contributed by atoms with Gasteiger partial charge in [0.2, 0.25) is 0 Å². The first-order chi connectivity index (χ1) is 38.1. The molecule has 9 nitrogen and oxygen atoms in total. The Morgan fingerprint density at radius 3 is 1.09 bits per heavy atom. The molecule has 0 aliphatic carbocycles. The van der Waals surface area contributed by atoms with Crippen molar-refractivity contribution >= 4 is 17.9 Å². The molecule has 450 valence electrons. The van der Waals surface area contributed by atoms with E-state index in [9.17, 15) is 19.5 Å². The molecule has 0 rings (SSSR count). The van der Waals surface area contributed by atoms with Crippen LogP contribution in [0.15, 0.2) is 85.1 Å². The highest BCUT2D eigenvalue weighted by Gasteiger charge is 2.25. The van der Waals surface area contributed by atoms with Crippen molar-refractivity contribution in [1.82, 2.24) is 0 Å². The van der Waals surface area contributed by atoms with Crippen molar-refractivity contribution in [3.8, 4) is 0 Å². The van der Waals surface area contributed by atoms with Gasteiger partial charge < -0.3 is 28.5 Å². The van der Waals surface area contributed by atoms with Crippen LogP contribution in [0.4, 0.5) is 0 Å². The van der Waals surface area contributed by atoms with Crippen LogP contribution in [0.3, 0.4) is 0 Å². The molecule has 0 fully saturated rings. The number of quaternary nitrogens is 1. The Kier molecular flexibility index (Phi) is 56.9. The number of rotatable bonds is 59. The lowest BCUT2D eigenvalue weighted by Gasteiger charge is -2.25. The molecule has 0 aromatic carbocycles. The normalized spacial score (nSPS) is 13.3. The van der Waals surface area contributed by atoms with Gasteiger partial charge in [-0.25, -0.2) is 4.79 Å². The lowest BCUT2D eigenvalue weighted by molar-refractivity contribution is -0.870. The van der Waals surface area contributed by atoms with E-state index < -0.39 is 24.3 Å². The summed E-state index contributed by atoms with van der Waals surface area (Å²) in [7, 11) is 5.97. The van der Waals surface area contributed by atoms with Gasteiger partial charge in [0.1, 0.15) is 13.2 Å². The van der Waals surface area contributed by atoms with Crippen molar-refractivity contribution in [2.24, 2.45) is 0 Å². The van der Waals surface area contributed by atoms with Crippen LogP contribution in [0.2, 0.25) is 0 Å². The minimum atomic E-state index is -1.51. The zero-order valence-corrected chi connectivity index (χ0v) is 51.3. The molecule has 0 aromatic rings. The summed E-state index contributed by atoms with van der Waals surface area (Å²) in [4.78, 5) is 37.4. The highest BCUT2D eigenvalue weighted by Crippen LogP contribution is 2.17. The molecule has 0 saturated carbocycles. The van der Waals surface area contributed by atoms with Crippen LogP contribution in [0.1, 0.15) is 277 Å². The number of allylic oxidation sites excluding steroid dienone is 14. The minimum absolute atomic E-state index is 0.185. The van der Waals surface area contributed by atoms with Gasteiger partial charge in [-0.05, 0) is 83.5 Å². The molecule has 78 heavy (non-hydrogen) atoms. The van der Waals surface area contributed by atoms with Crippen LogP contribution < -0.4 is 0 Å². The molecule has 0 aromatic heterocycles. The Bertz CT molecular complexity index is 1550. The van der Waals surface area contributed by atoms with Gasteiger partial charge in [0, 0.05) is 12.8 Å². The Labute approximate surface area is 480 Å². The largest absolute Gasteiger partial charge is 0.477 e. The Balaban J connectivity index is 3.98. The Morgan fingerprint density at radius 2 is 0.731 bits per heavy atom. The zero-order chi connectivity index (χ0) is 56.9. The summed E-state index contributed by atoms with van der Waals surface area (Å²) in [5, 5.41) is 9.70. The van der Waals surface area contributed by atoms with Gasteiger partial charge >= 0.3 is 17.9 Å². The molecular formula is C69H122NO8+. The predicted octanol–water partition coefficient (Wildman–Crippen LogP) is 19.5. The number of likely N-dealkylation sites (N-methyl/N-ethyl adjacent to an activating group) is 1. The van der Waals surface area contributed by atoms with Crippen LogP contribution >= 0.6 is 0 Å². The molecule has 0 bridgehead atoms. The second-order valence-corrected chi connectivity index (χ2v) is 22.7. The van der Waals surface area contributed by atoms with Gasteiger partial charge in [-0.3, -0.25) is 9.59 Å². The topological polar surface area (TPSA) is 108 Å². The number of carboxylic acids is 1. The predicted molar refractivity (Wildman–Crippen MR) is 332 cm³/mol. The highest BCUT2D eigenvalue weighted by atomic mass is 16.7. The van der Waals surface area contributed by atoms with Crippen LogP contribution in [0, 0.1) is 0 Å². The second kappa shape index (κ2) is 59.6. The third-order valence-corrected chi connectivity index (χ3v) is 13.9. The van der Waals surface area contributed by atoms with Crippen LogP contribution in [0.5, 0.6) is 0 Å². The molecule has 9 heteroatoms. The van der Waals surface area contributed by atoms with Crippen molar-refractivity contribution in [3.05, 3.63) is 85.1 Å². The lowest BCUT2D eigenvalue weighted by Crippen LogP contribution is -2.40. The third kappa shape index (κ3) is 60.1. The summed E-state index contributed by atoms with van der Waals surface area (Å²) < 4.78 is 22.9. The first-order valence-electron chi connectivity index (χ1n) is 32.3. The number of aliphatic carboxylic acids is 1. The number of unbranched alkanes of at least 4 members (excludes halogenated alkanes) is 30. The van der Waals surface area contributed by atoms with E-state index in [1.165, 1.54) is 154 Å². The van der Waals surface area contributed by atoms with Crippen molar-refractivity contribution in [3.63, 3.8) is 0 Å². The Hall–Kier alpha value is -3.53. The molecule has 2 unspecified atom stereocenters. The fourth-order valence-corrected chi connectivity index (χ4v) is 8.94. The monoisotopic (exact) mass is 1090 g/mol. The van der Waals surface area contributed by atoms with E-state index in [2.05, 4.69) is 98.9 Å². The molecular weight excluding hydrogens is 971 g/mol. The van der Waals surface area contributed by atoms with Crippen LogP contribution in [-0.4, -0.2) is 87.4 Å². The van der Waals surface area contributed by atoms with Gasteiger partial charge in [-0.1, -0.05) is 266 Å². The summed E-state index contributed by atoms with van der Waals surface area (Å²) in [6, 6.07) is 0. The van der Waals surface area contributed by atoms with Gasteiger partial charge in [0.15, 0.2) is 6.10 Å². The number of carbonyl (C=O) groups is 3. The summed E-state index contributed by atoms with van der Waals surface area (Å²) in [6.07, 6.45) is 77.0. The van der Waals surface area contributed by atoms with E-state index in [0.717, 1.165) is 96.3 Å². The highest BCUT2D eigenvalue weighted by molar-refractivity contribution is 5.71. The van der Waals surface area contributed by atoms with Crippen molar-refractivity contribution in [2.45, 2.75) is 289 Å². The van der Waals surface area contributed by atoms with Crippen molar-refractivity contribution in [2.75, 3.05) is 47.5 Å². The number of hydrogen-bond donors (Lipinski definition) is 1. The van der Waals surface area contributed by atoms with E-state index in [4.69, 9.17) is 18.9 Å². The van der Waals surface area contributed by atoms with E-state index in [0.29, 0.717) is 11.0 Å². The maximum Gasteiger partial charge on any atom is 0.361 e. The summed E-state index contributed by atoms with van der Waals surface area (Å²) >= 11 is 0. The van der Waals surface area contributed by atoms with E-state index >= 15 is 0 Å². The lowest BCUT2D eigenvalue weighted by atomic mass is 10.0. The van der Waals surface area contributed by atoms with E-state index in [1.54, 1.807) is 0 Å². The molecule has 0 spiro atoms. The van der Waals surface area contributed by atoms with Gasteiger partial charge in [-0.2, -0.15) is 0 Å². The Morgan fingerprint density at radius 1 is 0.397 bits per heavy atom. The zero-order valence-electron chi connectivity index (χ0n) is 51.3. The maximum absolute atomic E-state index is 12.9. The quantitative estimate of drug-likeness (QED) is 0.0211. The fourth-order valence-electron chi connectivity index (χ4n) is 8.94. The first kappa shape index (κ1) is 74.5. The number of nitrogens with zero attached hydrogens (tertiary/aromatic N) is 1.